The molecule has 1 amide bonds. The summed E-state index contributed by atoms with van der Waals surface area (Å²) < 4.78 is 0. The van der Waals surface area contributed by atoms with Crippen molar-refractivity contribution in [3.63, 3.8) is 0 Å². The second-order valence-electron chi connectivity index (χ2n) is 5.14. The first kappa shape index (κ1) is 15.4. The van der Waals surface area contributed by atoms with Gasteiger partial charge >= 0.3 is 0 Å². The van der Waals surface area contributed by atoms with Gasteiger partial charge in [-0.1, -0.05) is 0 Å². The van der Waals surface area contributed by atoms with Crippen LogP contribution >= 0.6 is 0 Å². The number of aromatic amines is 1. The van der Waals surface area contributed by atoms with Gasteiger partial charge in [-0.2, -0.15) is 5.10 Å². The molecule has 0 aliphatic rings. The van der Waals surface area contributed by atoms with Gasteiger partial charge in [-0.25, -0.2) is 10.4 Å². The summed E-state index contributed by atoms with van der Waals surface area (Å²) in [6.07, 6.45) is 1.56. The van der Waals surface area contributed by atoms with E-state index in [4.69, 9.17) is 0 Å². The SMILES string of the molecule is C/C(=N\NC(=O)c1cc2cccnc2[nH]c1=O)c1ccc(O)cc1. The zero-order valence-corrected chi connectivity index (χ0v) is 12.8. The van der Waals surface area contributed by atoms with Gasteiger partial charge in [0.1, 0.15) is 17.0 Å². The molecule has 0 aliphatic carbocycles. The molecule has 0 spiro atoms. The van der Waals surface area contributed by atoms with E-state index in [0.717, 1.165) is 5.56 Å². The molecule has 0 unspecified atom stereocenters. The number of hydrogen-bond acceptors (Lipinski definition) is 5. The van der Waals surface area contributed by atoms with Crippen molar-refractivity contribution in [2.45, 2.75) is 6.92 Å². The molecule has 0 atom stereocenters. The Bertz CT molecular complexity index is 991. The third-order valence-corrected chi connectivity index (χ3v) is 3.47. The first-order valence-corrected chi connectivity index (χ1v) is 7.16. The lowest BCUT2D eigenvalue weighted by molar-refractivity contribution is 0.0953. The molecule has 120 valence electrons. The van der Waals surface area contributed by atoms with Crippen LogP contribution in [0.3, 0.4) is 0 Å². The second kappa shape index (κ2) is 6.33. The van der Waals surface area contributed by atoms with Crippen molar-refractivity contribution in [1.29, 1.82) is 0 Å². The number of phenols is 1. The van der Waals surface area contributed by atoms with Gasteiger partial charge in [0.2, 0.25) is 0 Å². The molecule has 0 aliphatic heterocycles. The Hall–Kier alpha value is -3.48. The summed E-state index contributed by atoms with van der Waals surface area (Å²) >= 11 is 0. The number of phenolic OH excluding ortho intramolecular Hbond substituents is 1. The first-order chi connectivity index (χ1) is 11.5. The minimum Gasteiger partial charge on any atom is -0.508 e. The number of nitrogens with zero attached hydrogens (tertiary/aromatic N) is 2. The second-order valence-corrected chi connectivity index (χ2v) is 5.14. The van der Waals surface area contributed by atoms with Crippen LogP contribution in [0.25, 0.3) is 11.0 Å². The number of hydrazone groups is 1. The number of carbonyl (C=O) groups is 1. The molecule has 24 heavy (non-hydrogen) atoms. The molecule has 3 N–H and O–H groups in total. The third kappa shape index (κ3) is 3.14. The lowest BCUT2D eigenvalue weighted by atomic mass is 10.1. The van der Waals surface area contributed by atoms with Gasteiger partial charge < -0.3 is 10.1 Å². The summed E-state index contributed by atoms with van der Waals surface area (Å²) in [5, 5.41) is 13.9. The highest BCUT2D eigenvalue weighted by Gasteiger charge is 2.12. The average Bonchev–Trinajstić information content (AvgIpc) is 2.59. The van der Waals surface area contributed by atoms with Crippen molar-refractivity contribution in [2.24, 2.45) is 5.10 Å². The topological polar surface area (TPSA) is 107 Å². The molecule has 0 fully saturated rings. The fourth-order valence-electron chi connectivity index (χ4n) is 2.17. The Kier molecular flexibility index (Phi) is 4.07. The van der Waals surface area contributed by atoms with E-state index in [2.05, 4.69) is 20.5 Å². The van der Waals surface area contributed by atoms with E-state index >= 15 is 0 Å². The van der Waals surface area contributed by atoms with Gasteiger partial charge in [0, 0.05) is 11.6 Å². The van der Waals surface area contributed by atoms with Crippen LogP contribution in [0.2, 0.25) is 0 Å². The largest absolute Gasteiger partial charge is 0.508 e. The van der Waals surface area contributed by atoms with Crippen LogP contribution in [0, 0.1) is 0 Å². The number of benzene rings is 1. The summed E-state index contributed by atoms with van der Waals surface area (Å²) in [5.74, 6) is -0.466. The maximum absolute atomic E-state index is 12.2. The molecule has 0 saturated heterocycles. The predicted octanol–water partition coefficient (Wildman–Crippen LogP) is 1.78. The van der Waals surface area contributed by atoms with Gasteiger partial charge in [-0.3, -0.25) is 9.59 Å². The molecule has 2 heterocycles. The number of fused-ring (bicyclic) bond motifs is 1. The highest BCUT2D eigenvalue weighted by molar-refractivity contribution is 6.01. The van der Waals surface area contributed by atoms with Crippen molar-refractivity contribution in [2.75, 3.05) is 0 Å². The fourth-order valence-corrected chi connectivity index (χ4v) is 2.17. The van der Waals surface area contributed by atoms with Crippen molar-refractivity contribution < 1.29 is 9.90 Å². The summed E-state index contributed by atoms with van der Waals surface area (Å²) in [6.45, 7) is 1.71. The molecule has 0 saturated carbocycles. The molecule has 7 nitrogen and oxygen atoms in total. The van der Waals surface area contributed by atoms with Crippen LogP contribution in [0.5, 0.6) is 5.75 Å². The van der Waals surface area contributed by atoms with Crippen LogP contribution in [0.1, 0.15) is 22.8 Å². The number of pyridine rings is 2. The molecule has 0 bridgehead atoms. The number of H-pyrrole nitrogens is 1. The summed E-state index contributed by atoms with van der Waals surface area (Å²) in [5.41, 5.74) is 3.49. The minimum atomic E-state index is -0.611. The van der Waals surface area contributed by atoms with E-state index in [0.29, 0.717) is 16.7 Å². The van der Waals surface area contributed by atoms with Crippen molar-refractivity contribution in [3.8, 4) is 5.75 Å². The molecule has 3 rings (SSSR count). The van der Waals surface area contributed by atoms with Crippen molar-refractivity contribution >= 4 is 22.7 Å². The summed E-state index contributed by atoms with van der Waals surface area (Å²) in [4.78, 5) is 30.8. The predicted molar refractivity (Wildman–Crippen MR) is 90.1 cm³/mol. The number of rotatable bonds is 3. The number of amides is 1. The Morgan fingerprint density at radius 2 is 2.00 bits per heavy atom. The normalized spacial score (nSPS) is 11.5. The van der Waals surface area contributed by atoms with E-state index in [1.165, 1.54) is 18.2 Å². The van der Waals surface area contributed by atoms with E-state index in [9.17, 15) is 14.7 Å². The van der Waals surface area contributed by atoms with E-state index in [1.54, 1.807) is 37.4 Å². The molecule has 0 radical (unpaired) electrons. The Morgan fingerprint density at radius 1 is 1.25 bits per heavy atom. The third-order valence-electron chi connectivity index (χ3n) is 3.47. The van der Waals surface area contributed by atoms with Gasteiger partial charge in [-0.15, -0.1) is 0 Å². The standard InChI is InChI=1S/C17H14N4O3/c1-10(11-4-6-13(22)7-5-11)20-21-17(24)14-9-12-3-2-8-18-15(12)19-16(14)23/h2-9,22H,1H3,(H,21,24)(H,18,19,23)/b20-10+. The first-order valence-electron chi connectivity index (χ1n) is 7.16. The molecule has 3 aromatic rings. The van der Waals surface area contributed by atoms with Gasteiger partial charge in [0.15, 0.2) is 0 Å². The number of carbonyl (C=O) groups excluding carboxylic acids is 1. The van der Waals surface area contributed by atoms with Crippen LogP contribution in [0.15, 0.2) is 58.6 Å². The highest BCUT2D eigenvalue weighted by Crippen LogP contribution is 2.10. The summed E-state index contributed by atoms with van der Waals surface area (Å²) in [7, 11) is 0. The molecular formula is C17H14N4O3. The maximum Gasteiger partial charge on any atom is 0.276 e. The maximum atomic E-state index is 12.2. The van der Waals surface area contributed by atoms with Crippen molar-refractivity contribution in [3.05, 3.63) is 70.1 Å². The number of aromatic nitrogens is 2. The van der Waals surface area contributed by atoms with Gasteiger partial charge in [0.05, 0.1) is 5.71 Å². The quantitative estimate of drug-likeness (QED) is 0.504. The molecular weight excluding hydrogens is 308 g/mol. The molecule has 7 heteroatoms. The highest BCUT2D eigenvalue weighted by atomic mass is 16.3. The lowest BCUT2D eigenvalue weighted by Crippen LogP contribution is -2.27. The van der Waals surface area contributed by atoms with E-state index in [-0.39, 0.29) is 11.3 Å². The van der Waals surface area contributed by atoms with Crippen LogP contribution in [0.4, 0.5) is 0 Å². The Labute approximate surface area is 136 Å². The van der Waals surface area contributed by atoms with Gasteiger partial charge in [0.25, 0.3) is 11.5 Å². The average molecular weight is 322 g/mol. The Balaban J connectivity index is 1.84. The van der Waals surface area contributed by atoms with E-state index in [1.807, 2.05) is 0 Å². The number of hydrogen-bond donors (Lipinski definition) is 3. The van der Waals surface area contributed by atoms with Crippen LogP contribution < -0.4 is 11.0 Å². The van der Waals surface area contributed by atoms with Crippen LogP contribution in [-0.2, 0) is 0 Å². The molecule has 1 aromatic carbocycles. The molecule has 2 aromatic heterocycles. The zero-order valence-electron chi connectivity index (χ0n) is 12.8. The fraction of sp³-hybridized carbons (Fsp3) is 0.0588. The monoisotopic (exact) mass is 322 g/mol. The van der Waals surface area contributed by atoms with E-state index < -0.39 is 11.5 Å². The Morgan fingerprint density at radius 3 is 2.75 bits per heavy atom. The number of aromatic hydroxyl groups is 1. The minimum absolute atomic E-state index is 0.0437. The van der Waals surface area contributed by atoms with Crippen molar-refractivity contribution in [1.82, 2.24) is 15.4 Å². The van der Waals surface area contributed by atoms with Crippen LogP contribution in [-0.4, -0.2) is 26.7 Å². The summed E-state index contributed by atoms with van der Waals surface area (Å²) in [6, 6.07) is 11.3. The van der Waals surface area contributed by atoms with Gasteiger partial charge in [-0.05, 0) is 55.0 Å². The zero-order chi connectivity index (χ0) is 17.1. The number of nitrogens with one attached hydrogen (secondary N) is 2. The lowest BCUT2D eigenvalue weighted by Gasteiger charge is -2.04. The smallest absolute Gasteiger partial charge is 0.276 e.